The lowest BCUT2D eigenvalue weighted by Gasteiger charge is -1.95. The lowest BCUT2D eigenvalue weighted by atomic mass is 10.2. The highest BCUT2D eigenvalue weighted by molar-refractivity contribution is 5.69. The van der Waals surface area contributed by atoms with Crippen molar-refractivity contribution in [1.82, 2.24) is 4.98 Å². The van der Waals surface area contributed by atoms with Crippen molar-refractivity contribution in [3.8, 4) is 0 Å². The molecule has 1 heterocycles. The highest BCUT2D eigenvalue weighted by atomic mass is 16.4. The Morgan fingerprint density at radius 1 is 1.46 bits per heavy atom. The summed E-state index contributed by atoms with van der Waals surface area (Å²) in [7, 11) is 0. The molecule has 0 fully saturated rings. The van der Waals surface area contributed by atoms with Gasteiger partial charge in [0.25, 0.3) is 0 Å². The average molecular weight is 181 g/mol. The predicted octanol–water partition coefficient (Wildman–Crippen LogP) is 2.04. The van der Waals surface area contributed by atoms with Gasteiger partial charge in [-0.15, -0.1) is 0 Å². The molecule has 0 atom stereocenters. The molecule has 0 amide bonds. The SMILES string of the molecule is CC.Cc1ccc(CC(=O)O)nc1. The minimum atomic E-state index is -0.846. The Morgan fingerprint density at radius 3 is 2.46 bits per heavy atom. The van der Waals surface area contributed by atoms with E-state index >= 15 is 0 Å². The Hall–Kier alpha value is -1.38. The quantitative estimate of drug-likeness (QED) is 0.759. The van der Waals surface area contributed by atoms with Crippen LogP contribution < -0.4 is 0 Å². The van der Waals surface area contributed by atoms with Crippen molar-refractivity contribution in [3.05, 3.63) is 29.6 Å². The van der Waals surface area contributed by atoms with Crippen LogP contribution in [0.15, 0.2) is 18.3 Å². The second-order valence-corrected chi connectivity index (χ2v) is 2.40. The summed E-state index contributed by atoms with van der Waals surface area (Å²) in [4.78, 5) is 14.2. The molecule has 3 nitrogen and oxygen atoms in total. The third kappa shape index (κ3) is 4.95. The lowest BCUT2D eigenvalue weighted by molar-refractivity contribution is -0.136. The highest BCUT2D eigenvalue weighted by Gasteiger charge is 1.99. The van der Waals surface area contributed by atoms with Gasteiger partial charge in [0, 0.05) is 6.20 Å². The largest absolute Gasteiger partial charge is 0.481 e. The molecule has 3 heteroatoms. The number of rotatable bonds is 2. The van der Waals surface area contributed by atoms with Gasteiger partial charge in [0.2, 0.25) is 0 Å². The van der Waals surface area contributed by atoms with E-state index in [0.717, 1.165) is 5.56 Å². The smallest absolute Gasteiger partial charge is 0.309 e. The van der Waals surface area contributed by atoms with Crippen molar-refractivity contribution >= 4 is 5.97 Å². The molecule has 0 unspecified atom stereocenters. The summed E-state index contributed by atoms with van der Waals surface area (Å²) in [6, 6.07) is 3.58. The van der Waals surface area contributed by atoms with Gasteiger partial charge >= 0.3 is 5.97 Å². The summed E-state index contributed by atoms with van der Waals surface area (Å²) in [5.41, 5.74) is 1.64. The third-order valence-electron chi connectivity index (χ3n) is 1.30. The fourth-order valence-electron chi connectivity index (χ4n) is 0.758. The van der Waals surface area contributed by atoms with Gasteiger partial charge in [-0.25, -0.2) is 0 Å². The summed E-state index contributed by atoms with van der Waals surface area (Å²) in [5.74, 6) is -0.846. The van der Waals surface area contributed by atoms with E-state index in [1.807, 2.05) is 26.8 Å². The summed E-state index contributed by atoms with van der Waals surface area (Å²) in [5, 5.41) is 8.40. The minimum absolute atomic E-state index is 0.000278. The van der Waals surface area contributed by atoms with E-state index in [4.69, 9.17) is 5.11 Å². The van der Waals surface area contributed by atoms with Crippen LogP contribution in [0.4, 0.5) is 0 Å². The number of hydrogen-bond donors (Lipinski definition) is 1. The number of nitrogens with zero attached hydrogens (tertiary/aromatic N) is 1. The van der Waals surface area contributed by atoms with Crippen molar-refractivity contribution in [1.29, 1.82) is 0 Å². The van der Waals surface area contributed by atoms with Crippen molar-refractivity contribution in [3.63, 3.8) is 0 Å². The van der Waals surface area contributed by atoms with E-state index < -0.39 is 5.97 Å². The van der Waals surface area contributed by atoms with E-state index in [1.54, 1.807) is 12.3 Å². The second kappa shape index (κ2) is 6.17. The standard InChI is InChI=1S/C8H9NO2.C2H6/c1-6-2-3-7(9-5-6)4-8(10)11;1-2/h2-3,5H,4H2,1H3,(H,10,11);1-2H3. The van der Waals surface area contributed by atoms with Crippen LogP contribution in [-0.2, 0) is 11.2 Å². The van der Waals surface area contributed by atoms with Crippen LogP contribution in [0.5, 0.6) is 0 Å². The molecular formula is C10H15NO2. The highest BCUT2D eigenvalue weighted by Crippen LogP contribution is 1.98. The maximum absolute atomic E-state index is 10.2. The predicted molar refractivity (Wildman–Crippen MR) is 51.7 cm³/mol. The van der Waals surface area contributed by atoms with Gasteiger partial charge in [0.05, 0.1) is 12.1 Å². The fraction of sp³-hybridized carbons (Fsp3) is 0.400. The van der Waals surface area contributed by atoms with Crippen LogP contribution in [0.25, 0.3) is 0 Å². The van der Waals surface area contributed by atoms with Gasteiger partial charge < -0.3 is 5.11 Å². The lowest BCUT2D eigenvalue weighted by Crippen LogP contribution is -2.01. The topological polar surface area (TPSA) is 50.2 Å². The fourth-order valence-corrected chi connectivity index (χ4v) is 0.758. The Morgan fingerprint density at radius 2 is 2.08 bits per heavy atom. The first kappa shape index (κ1) is 11.6. The van der Waals surface area contributed by atoms with Gasteiger partial charge in [-0.1, -0.05) is 19.9 Å². The molecule has 0 bridgehead atoms. The summed E-state index contributed by atoms with van der Waals surface area (Å²) < 4.78 is 0. The monoisotopic (exact) mass is 181 g/mol. The van der Waals surface area contributed by atoms with E-state index in [1.165, 1.54) is 0 Å². The Labute approximate surface area is 78.4 Å². The van der Waals surface area contributed by atoms with Crippen LogP contribution in [0.2, 0.25) is 0 Å². The zero-order valence-electron chi connectivity index (χ0n) is 8.24. The van der Waals surface area contributed by atoms with Gasteiger partial charge in [-0.3, -0.25) is 9.78 Å². The number of aryl methyl sites for hydroxylation is 1. The average Bonchev–Trinajstić information content (AvgIpc) is 2.12. The molecule has 1 aromatic rings. The van der Waals surface area contributed by atoms with Crippen LogP contribution in [0.1, 0.15) is 25.1 Å². The Bertz CT molecular complexity index is 254. The number of carbonyl (C=O) groups is 1. The normalized spacial score (nSPS) is 8.54. The molecule has 13 heavy (non-hydrogen) atoms. The molecule has 1 N–H and O–H groups in total. The van der Waals surface area contributed by atoms with E-state index in [0.29, 0.717) is 5.69 Å². The number of hydrogen-bond acceptors (Lipinski definition) is 2. The molecule has 1 aromatic heterocycles. The first-order chi connectivity index (χ1) is 6.18. The van der Waals surface area contributed by atoms with Crippen LogP contribution in [0.3, 0.4) is 0 Å². The molecule has 0 saturated carbocycles. The van der Waals surface area contributed by atoms with E-state index in [9.17, 15) is 4.79 Å². The molecule has 0 aliphatic carbocycles. The van der Waals surface area contributed by atoms with Crippen molar-refractivity contribution in [2.75, 3.05) is 0 Å². The molecule has 1 rings (SSSR count). The minimum Gasteiger partial charge on any atom is -0.481 e. The molecule has 0 aliphatic rings. The molecule has 0 aliphatic heterocycles. The maximum Gasteiger partial charge on any atom is 0.309 e. The summed E-state index contributed by atoms with van der Waals surface area (Å²) in [6.45, 7) is 5.91. The van der Waals surface area contributed by atoms with Crippen molar-refractivity contribution < 1.29 is 9.90 Å². The number of pyridine rings is 1. The van der Waals surface area contributed by atoms with E-state index in [2.05, 4.69) is 4.98 Å². The van der Waals surface area contributed by atoms with Gasteiger partial charge in [-0.05, 0) is 18.6 Å². The molecule has 0 radical (unpaired) electrons. The number of carboxylic acids is 1. The van der Waals surface area contributed by atoms with Crippen LogP contribution in [0, 0.1) is 6.92 Å². The summed E-state index contributed by atoms with van der Waals surface area (Å²) >= 11 is 0. The van der Waals surface area contributed by atoms with Gasteiger partial charge in [0.1, 0.15) is 0 Å². The molecular weight excluding hydrogens is 166 g/mol. The maximum atomic E-state index is 10.2. The third-order valence-corrected chi connectivity index (χ3v) is 1.30. The van der Waals surface area contributed by atoms with Crippen molar-refractivity contribution in [2.24, 2.45) is 0 Å². The van der Waals surface area contributed by atoms with Crippen molar-refractivity contribution in [2.45, 2.75) is 27.2 Å². The zero-order chi connectivity index (χ0) is 10.3. The zero-order valence-corrected chi connectivity index (χ0v) is 8.24. The number of aromatic nitrogens is 1. The first-order valence-electron chi connectivity index (χ1n) is 4.32. The molecule has 72 valence electrons. The van der Waals surface area contributed by atoms with Gasteiger partial charge in [0.15, 0.2) is 0 Å². The molecule has 0 saturated heterocycles. The first-order valence-corrected chi connectivity index (χ1v) is 4.32. The van der Waals surface area contributed by atoms with Crippen LogP contribution >= 0.6 is 0 Å². The number of carboxylic acid groups (broad SMARTS) is 1. The summed E-state index contributed by atoms with van der Waals surface area (Å²) in [6.07, 6.45) is 1.67. The Kier molecular flexibility index (Phi) is 5.52. The Balaban J connectivity index is 0.000000671. The van der Waals surface area contributed by atoms with Crippen LogP contribution in [-0.4, -0.2) is 16.1 Å². The molecule has 0 aromatic carbocycles. The van der Waals surface area contributed by atoms with Gasteiger partial charge in [-0.2, -0.15) is 0 Å². The number of aliphatic carboxylic acids is 1. The second-order valence-electron chi connectivity index (χ2n) is 2.40. The molecule has 0 spiro atoms. The van der Waals surface area contributed by atoms with E-state index in [-0.39, 0.29) is 6.42 Å².